The predicted octanol–water partition coefficient (Wildman–Crippen LogP) is 4.93. The van der Waals surface area contributed by atoms with Gasteiger partial charge in [-0.1, -0.05) is 36.4 Å². The molecule has 0 unspecified atom stereocenters. The number of hydrogen-bond donors (Lipinski definition) is 2. The van der Waals surface area contributed by atoms with E-state index in [1.54, 1.807) is 0 Å². The fourth-order valence-corrected chi connectivity index (χ4v) is 2.80. The zero-order chi connectivity index (χ0) is 19.2. The fraction of sp³-hybridized carbons (Fsp3) is 0.174. The number of benzene rings is 3. The smallest absolute Gasteiger partial charge is 0.255 e. The van der Waals surface area contributed by atoms with Gasteiger partial charge in [0, 0.05) is 43.3 Å². The largest absolute Gasteiger partial charge is 0.381 e. The summed E-state index contributed by atoms with van der Waals surface area (Å²) in [6, 6.07) is 23.7. The summed E-state index contributed by atoms with van der Waals surface area (Å²) in [5.74, 6) is -0.107. The molecule has 0 heterocycles. The molecule has 4 nitrogen and oxygen atoms in total. The van der Waals surface area contributed by atoms with E-state index in [1.165, 1.54) is 5.56 Å². The van der Waals surface area contributed by atoms with Crippen LogP contribution in [0.15, 0.2) is 72.8 Å². The number of carbonyl (C=O) groups excluding carboxylic acids is 1. The predicted molar refractivity (Wildman–Crippen MR) is 114 cm³/mol. The maximum atomic E-state index is 12.5. The number of nitrogens with zero attached hydrogens (tertiary/aromatic N) is 1. The van der Waals surface area contributed by atoms with Gasteiger partial charge in [0.1, 0.15) is 0 Å². The number of nitrogens with one attached hydrogen (secondary N) is 2. The topological polar surface area (TPSA) is 44.4 Å². The number of para-hydroxylation sites is 1. The van der Waals surface area contributed by atoms with E-state index in [1.807, 2.05) is 79.7 Å². The van der Waals surface area contributed by atoms with Gasteiger partial charge in [0.25, 0.3) is 5.91 Å². The summed E-state index contributed by atoms with van der Waals surface area (Å²) in [6.45, 7) is 2.83. The van der Waals surface area contributed by atoms with Gasteiger partial charge in [-0.3, -0.25) is 4.79 Å². The summed E-state index contributed by atoms with van der Waals surface area (Å²) in [6.07, 6.45) is 0. The van der Waals surface area contributed by atoms with E-state index in [4.69, 9.17) is 0 Å². The van der Waals surface area contributed by atoms with E-state index in [0.29, 0.717) is 5.56 Å². The third kappa shape index (κ3) is 4.88. The first-order chi connectivity index (χ1) is 13.0. The first-order valence-electron chi connectivity index (χ1n) is 9.00. The summed E-state index contributed by atoms with van der Waals surface area (Å²) in [7, 11) is 3.92. The highest BCUT2D eigenvalue weighted by Gasteiger charge is 2.07. The van der Waals surface area contributed by atoms with Crippen molar-refractivity contribution >= 4 is 23.0 Å². The van der Waals surface area contributed by atoms with E-state index in [-0.39, 0.29) is 5.91 Å². The third-order valence-corrected chi connectivity index (χ3v) is 4.46. The number of carbonyl (C=O) groups is 1. The van der Waals surface area contributed by atoms with Crippen LogP contribution in [-0.4, -0.2) is 20.0 Å². The Balaban J connectivity index is 1.61. The molecule has 4 heteroatoms. The molecule has 0 spiro atoms. The average molecular weight is 359 g/mol. The van der Waals surface area contributed by atoms with Crippen LogP contribution in [0.1, 0.15) is 21.5 Å². The van der Waals surface area contributed by atoms with Crippen LogP contribution in [0.2, 0.25) is 0 Å². The lowest BCUT2D eigenvalue weighted by molar-refractivity contribution is 0.102. The number of rotatable bonds is 6. The maximum absolute atomic E-state index is 12.5. The molecule has 0 fully saturated rings. The van der Waals surface area contributed by atoms with Gasteiger partial charge in [-0.05, 0) is 54.4 Å². The van der Waals surface area contributed by atoms with E-state index in [2.05, 4.69) is 29.7 Å². The minimum atomic E-state index is -0.107. The van der Waals surface area contributed by atoms with Crippen LogP contribution in [-0.2, 0) is 6.54 Å². The summed E-state index contributed by atoms with van der Waals surface area (Å²) in [5.41, 5.74) is 5.95. The number of hydrogen-bond acceptors (Lipinski definition) is 3. The molecule has 138 valence electrons. The number of aryl methyl sites for hydroxylation is 1. The van der Waals surface area contributed by atoms with Gasteiger partial charge in [-0.15, -0.1) is 0 Å². The molecule has 3 aromatic carbocycles. The van der Waals surface area contributed by atoms with Crippen molar-refractivity contribution in [2.24, 2.45) is 0 Å². The van der Waals surface area contributed by atoms with Crippen molar-refractivity contribution in [1.29, 1.82) is 0 Å². The molecule has 0 aliphatic carbocycles. The Morgan fingerprint density at radius 2 is 1.67 bits per heavy atom. The van der Waals surface area contributed by atoms with Gasteiger partial charge in [-0.25, -0.2) is 0 Å². The van der Waals surface area contributed by atoms with E-state index < -0.39 is 0 Å². The van der Waals surface area contributed by atoms with Crippen molar-refractivity contribution in [2.45, 2.75) is 13.5 Å². The average Bonchev–Trinajstić information content (AvgIpc) is 2.68. The second-order valence-electron chi connectivity index (χ2n) is 6.76. The van der Waals surface area contributed by atoms with Crippen molar-refractivity contribution in [1.82, 2.24) is 0 Å². The second kappa shape index (κ2) is 8.41. The third-order valence-electron chi connectivity index (χ3n) is 4.46. The molecule has 3 aromatic rings. The van der Waals surface area contributed by atoms with Crippen molar-refractivity contribution in [3.8, 4) is 0 Å². The monoisotopic (exact) mass is 359 g/mol. The van der Waals surface area contributed by atoms with E-state index in [0.717, 1.165) is 29.2 Å². The van der Waals surface area contributed by atoms with E-state index >= 15 is 0 Å². The summed E-state index contributed by atoms with van der Waals surface area (Å²) in [5, 5.41) is 6.40. The standard InChI is InChI=1S/C23H25N3O/c1-17-7-4-5-10-22(17)24-16-18-11-13-20(14-12-18)25-23(27)19-8-6-9-21(15-19)26(2)3/h4-15,24H,16H2,1-3H3,(H,25,27). The molecule has 0 saturated carbocycles. The molecule has 0 aromatic heterocycles. The normalized spacial score (nSPS) is 10.3. The van der Waals surface area contributed by atoms with Crippen molar-refractivity contribution in [3.63, 3.8) is 0 Å². The van der Waals surface area contributed by atoms with Crippen molar-refractivity contribution < 1.29 is 4.79 Å². The van der Waals surface area contributed by atoms with Gasteiger partial charge >= 0.3 is 0 Å². The Kier molecular flexibility index (Phi) is 5.77. The van der Waals surface area contributed by atoms with Crippen molar-refractivity contribution in [2.75, 3.05) is 29.6 Å². The highest BCUT2D eigenvalue weighted by Crippen LogP contribution is 2.18. The van der Waals surface area contributed by atoms with Crippen molar-refractivity contribution in [3.05, 3.63) is 89.5 Å². The molecule has 27 heavy (non-hydrogen) atoms. The van der Waals surface area contributed by atoms with Crippen LogP contribution in [0.25, 0.3) is 0 Å². The molecule has 3 rings (SSSR count). The number of anilines is 3. The minimum Gasteiger partial charge on any atom is -0.381 e. The molecule has 2 N–H and O–H groups in total. The summed E-state index contributed by atoms with van der Waals surface area (Å²) in [4.78, 5) is 14.5. The van der Waals surface area contributed by atoms with Crippen LogP contribution in [0.3, 0.4) is 0 Å². The Labute approximate surface area is 160 Å². The zero-order valence-corrected chi connectivity index (χ0v) is 16.0. The first kappa shape index (κ1) is 18.5. The molecular weight excluding hydrogens is 334 g/mol. The SMILES string of the molecule is Cc1ccccc1NCc1ccc(NC(=O)c2cccc(N(C)C)c2)cc1. The quantitative estimate of drug-likeness (QED) is 0.656. The Morgan fingerprint density at radius 3 is 2.37 bits per heavy atom. The second-order valence-corrected chi connectivity index (χ2v) is 6.76. The highest BCUT2D eigenvalue weighted by atomic mass is 16.1. The van der Waals surface area contributed by atoms with Gasteiger partial charge < -0.3 is 15.5 Å². The van der Waals surface area contributed by atoms with Gasteiger partial charge in [0.2, 0.25) is 0 Å². The molecule has 0 aliphatic rings. The van der Waals surface area contributed by atoms with Gasteiger partial charge in [0.15, 0.2) is 0 Å². The molecule has 0 saturated heterocycles. The fourth-order valence-electron chi connectivity index (χ4n) is 2.80. The Hall–Kier alpha value is -3.27. The van der Waals surface area contributed by atoms with Crippen LogP contribution in [0.5, 0.6) is 0 Å². The minimum absolute atomic E-state index is 0.107. The van der Waals surface area contributed by atoms with Crippen LogP contribution in [0.4, 0.5) is 17.1 Å². The van der Waals surface area contributed by atoms with Gasteiger partial charge in [0.05, 0.1) is 0 Å². The Morgan fingerprint density at radius 1 is 0.926 bits per heavy atom. The molecule has 0 aliphatic heterocycles. The summed E-state index contributed by atoms with van der Waals surface area (Å²) < 4.78 is 0. The van der Waals surface area contributed by atoms with Crippen LogP contribution in [0, 0.1) is 6.92 Å². The molecule has 0 bridgehead atoms. The molecular formula is C23H25N3O. The molecule has 0 radical (unpaired) electrons. The molecule has 0 atom stereocenters. The lowest BCUT2D eigenvalue weighted by atomic mass is 10.1. The maximum Gasteiger partial charge on any atom is 0.255 e. The van der Waals surface area contributed by atoms with Crippen LogP contribution >= 0.6 is 0 Å². The highest BCUT2D eigenvalue weighted by molar-refractivity contribution is 6.04. The lowest BCUT2D eigenvalue weighted by Gasteiger charge is -2.13. The van der Waals surface area contributed by atoms with E-state index in [9.17, 15) is 4.79 Å². The lowest BCUT2D eigenvalue weighted by Crippen LogP contribution is -2.14. The van der Waals surface area contributed by atoms with Crippen LogP contribution < -0.4 is 15.5 Å². The summed E-state index contributed by atoms with van der Waals surface area (Å²) >= 11 is 0. The Bertz CT molecular complexity index is 917. The number of amides is 1. The van der Waals surface area contributed by atoms with Gasteiger partial charge in [-0.2, -0.15) is 0 Å². The molecule has 1 amide bonds. The zero-order valence-electron chi connectivity index (χ0n) is 16.0. The first-order valence-corrected chi connectivity index (χ1v) is 9.00.